The lowest BCUT2D eigenvalue weighted by atomic mass is 10.1. The van der Waals surface area contributed by atoms with Gasteiger partial charge in [0, 0.05) is 26.2 Å². The Morgan fingerprint density at radius 2 is 1.82 bits per heavy atom. The minimum absolute atomic E-state index is 0.745. The molecule has 0 unspecified atom stereocenters. The van der Waals surface area contributed by atoms with Gasteiger partial charge in [0.15, 0.2) is 0 Å². The summed E-state index contributed by atoms with van der Waals surface area (Å²) in [5, 5.41) is 3.43. The minimum Gasteiger partial charge on any atom is -0.380 e. The van der Waals surface area contributed by atoms with E-state index in [1.165, 1.54) is 19.4 Å². The lowest BCUT2D eigenvalue weighted by Crippen LogP contribution is -2.33. The van der Waals surface area contributed by atoms with Crippen LogP contribution < -0.4 is 5.32 Å². The quantitative estimate of drug-likeness (QED) is 0.533. The Bertz CT molecular complexity index is 151. The predicted molar refractivity (Wildman–Crippen MR) is 75.5 cm³/mol. The first-order chi connectivity index (χ1) is 8.20. The molecular weight excluding hydrogens is 212 g/mol. The van der Waals surface area contributed by atoms with Crippen LogP contribution in [0.1, 0.15) is 40.5 Å². The average Bonchev–Trinajstić information content (AvgIpc) is 2.30. The maximum atomic E-state index is 5.55. The number of nitrogens with zero attached hydrogens (tertiary/aromatic N) is 1. The molecule has 0 fully saturated rings. The summed E-state index contributed by atoms with van der Waals surface area (Å²) in [4.78, 5) is 2.48. The second-order valence-electron chi connectivity index (χ2n) is 4.98. The van der Waals surface area contributed by atoms with Crippen molar-refractivity contribution in [2.75, 3.05) is 45.9 Å². The summed E-state index contributed by atoms with van der Waals surface area (Å²) in [6.07, 6.45) is 2.41. The molecule has 0 bridgehead atoms. The van der Waals surface area contributed by atoms with E-state index < -0.39 is 0 Å². The van der Waals surface area contributed by atoms with Crippen molar-refractivity contribution >= 4 is 0 Å². The highest BCUT2D eigenvalue weighted by Gasteiger charge is 1.99. The van der Waals surface area contributed by atoms with E-state index in [1.54, 1.807) is 0 Å². The summed E-state index contributed by atoms with van der Waals surface area (Å²) >= 11 is 0. The van der Waals surface area contributed by atoms with Crippen molar-refractivity contribution in [3.8, 4) is 0 Å². The second-order valence-corrected chi connectivity index (χ2v) is 4.98. The van der Waals surface area contributed by atoms with Gasteiger partial charge in [0.25, 0.3) is 0 Å². The molecule has 0 aromatic rings. The number of rotatable bonds is 12. The highest BCUT2D eigenvalue weighted by molar-refractivity contribution is 4.57. The number of ether oxygens (including phenoxy) is 1. The third kappa shape index (κ3) is 12.1. The first kappa shape index (κ1) is 16.9. The molecule has 17 heavy (non-hydrogen) atoms. The maximum absolute atomic E-state index is 5.55. The number of hydrogen-bond acceptors (Lipinski definition) is 3. The van der Waals surface area contributed by atoms with Gasteiger partial charge in [-0.15, -0.1) is 0 Å². The van der Waals surface area contributed by atoms with Crippen molar-refractivity contribution in [3.63, 3.8) is 0 Å². The molecule has 0 spiro atoms. The van der Waals surface area contributed by atoms with Crippen LogP contribution in [0.2, 0.25) is 0 Å². The zero-order valence-electron chi connectivity index (χ0n) is 12.3. The first-order valence-corrected chi connectivity index (χ1v) is 7.21. The van der Waals surface area contributed by atoms with Gasteiger partial charge in [-0.2, -0.15) is 0 Å². The summed E-state index contributed by atoms with van der Waals surface area (Å²) in [7, 11) is 0. The van der Waals surface area contributed by atoms with E-state index in [0.717, 1.165) is 45.3 Å². The summed E-state index contributed by atoms with van der Waals surface area (Å²) in [5.74, 6) is 0.745. The van der Waals surface area contributed by atoms with E-state index in [-0.39, 0.29) is 0 Å². The van der Waals surface area contributed by atoms with Gasteiger partial charge in [-0.05, 0) is 31.8 Å². The molecule has 3 heteroatoms. The van der Waals surface area contributed by atoms with Gasteiger partial charge >= 0.3 is 0 Å². The Morgan fingerprint density at radius 1 is 1.06 bits per heavy atom. The molecule has 0 atom stereocenters. The highest BCUT2D eigenvalue weighted by Crippen LogP contribution is 1.98. The molecule has 0 aliphatic rings. The van der Waals surface area contributed by atoms with Crippen LogP contribution in [-0.2, 0) is 4.74 Å². The summed E-state index contributed by atoms with van der Waals surface area (Å²) in [5.41, 5.74) is 0. The predicted octanol–water partition coefficient (Wildman–Crippen LogP) is 2.37. The van der Waals surface area contributed by atoms with Gasteiger partial charge in [0.2, 0.25) is 0 Å². The van der Waals surface area contributed by atoms with E-state index >= 15 is 0 Å². The molecule has 0 aliphatic carbocycles. The van der Waals surface area contributed by atoms with Crippen molar-refractivity contribution in [3.05, 3.63) is 0 Å². The number of nitrogens with one attached hydrogen (secondary N) is 1. The molecule has 3 nitrogen and oxygen atoms in total. The monoisotopic (exact) mass is 244 g/mol. The van der Waals surface area contributed by atoms with Gasteiger partial charge < -0.3 is 15.0 Å². The average molecular weight is 244 g/mol. The SMILES string of the molecule is CCCN(CC)CCNCCOCCC(C)C. The van der Waals surface area contributed by atoms with Crippen molar-refractivity contribution in [2.24, 2.45) is 5.92 Å². The van der Waals surface area contributed by atoms with Crippen LogP contribution in [0.25, 0.3) is 0 Å². The molecule has 0 amide bonds. The molecule has 0 rings (SSSR count). The molecule has 0 radical (unpaired) electrons. The van der Waals surface area contributed by atoms with Gasteiger partial charge in [-0.3, -0.25) is 0 Å². The molecule has 0 saturated carbocycles. The summed E-state index contributed by atoms with van der Waals surface area (Å²) < 4.78 is 5.55. The molecule has 1 N–H and O–H groups in total. The highest BCUT2D eigenvalue weighted by atomic mass is 16.5. The summed E-state index contributed by atoms with van der Waals surface area (Å²) in [6, 6.07) is 0. The number of hydrogen-bond donors (Lipinski definition) is 1. The third-order valence-electron chi connectivity index (χ3n) is 2.85. The van der Waals surface area contributed by atoms with Crippen LogP contribution in [0.3, 0.4) is 0 Å². The first-order valence-electron chi connectivity index (χ1n) is 7.21. The van der Waals surface area contributed by atoms with Crippen LogP contribution in [0.4, 0.5) is 0 Å². The maximum Gasteiger partial charge on any atom is 0.0590 e. The van der Waals surface area contributed by atoms with Gasteiger partial charge in [0.1, 0.15) is 0 Å². The topological polar surface area (TPSA) is 24.5 Å². The zero-order valence-corrected chi connectivity index (χ0v) is 12.3. The fourth-order valence-corrected chi connectivity index (χ4v) is 1.67. The van der Waals surface area contributed by atoms with E-state index in [1.807, 2.05) is 0 Å². The van der Waals surface area contributed by atoms with Crippen LogP contribution in [0, 0.1) is 5.92 Å². The third-order valence-corrected chi connectivity index (χ3v) is 2.85. The summed E-state index contributed by atoms with van der Waals surface area (Å²) in [6.45, 7) is 16.2. The van der Waals surface area contributed by atoms with Crippen molar-refractivity contribution in [1.29, 1.82) is 0 Å². The molecule has 0 saturated heterocycles. The largest absolute Gasteiger partial charge is 0.380 e. The smallest absolute Gasteiger partial charge is 0.0590 e. The van der Waals surface area contributed by atoms with E-state index in [4.69, 9.17) is 4.74 Å². The van der Waals surface area contributed by atoms with Gasteiger partial charge in [-0.1, -0.05) is 27.7 Å². The Balaban J connectivity index is 3.17. The molecule has 0 aromatic heterocycles. The van der Waals surface area contributed by atoms with Crippen LogP contribution in [0.5, 0.6) is 0 Å². The Hall–Kier alpha value is -0.120. The Labute approximate surface area is 108 Å². The van der Waals surface area contributed by atoms with Crippen molar-refractivity contribution in [1.82, 2.24) is 10.2 Å². The fourth-order valence-electron chi connectivity index (χ4n) is 1.67. The fraction of sp³-hybridized carbons (Fsp3) is 1.00. The van der Waals surface area contributed by atoms with Crippen molar-refractivity contribution < 1.29 is 4.74 Å². The molecule has 0 heterocycles. The molecular formula is C14H32N2O. The standard InChI is InChI=1S/C14H32N2O/c1-5-10-16(6-2)11-8-15-9-13-17-12-7-14(3)4/h14-15H,5-13H2,1-4H3. The Morgan fingerprint density at radius 3 is 2.41 bits per heavy atom. The molecule has 0 aromatic carbocycles. The minimum atomic E-state index is 0.745. The Kier molecular flexibility index (Phi) is 12.3. The van der Waals surface area contributed by atoms with Crippen molar-refractivity contribution in [2.45, 2.75) is 40.5 Å². The van der Waals surface area contributed by atoms with Crippen LogP contribution in [-0.4, -0.2) is 50.8 Å². The lowest BCUT2D eigenvalue weighted by Gasteiger charge is -2.19. The zero-order chi connectivity index (χ0) is 12.9. The lowest BCUT2D eigenvalue weighted by molar-refractivity contribution is 0.124. The second kappa shape index (κ2) is 12.3. The molecule has 0 aliphatic heterocycles. The van der Waals surface area contributed by atoms with Gasteiger partial charge in [0.05, 0.1) is 6.61 Å². The van der Waals surface area contributed by atoms with E-state index in [2.05, 4.69) is 37.9 Å². The van der Waals surface area contributed by atoms with E-state index in [0.29, 0.717) is 0 Å². The van der Waals surface area contributed by atoms with Gasteiger partial charge in [-0.25, -0.2) is 0 Å². The van der Waals surface area contributed by atoms with E-state index in [9.17, 15) is 0 Å². The van der Waals surface area contributed by atoms with Crippen LogP contribution >= 0.6 is 0 Å². The van der Waals surface area contributed by atoms with Crippen LogP contribution in [0.15, 0.2) is 0 Å². The number of likely N-dealkylation sites (N-methyl/N-ethyl adjacent to an activating group) is 1. The normalized spacial score (nSPS) is 11.6. The molecule has 104 valence electrons.